The van der Waals surface area contributed by atoms with E-state index in [9.17, 15) is 14.7 Å². The summed E-state index contributed by atoms with van der Waals surface area (Å²) in [6.45, 7) is 0.985. The van der Waals surface area contributed by atoms with E-state index in [1.54, 1.807) is 0 Å². The minimum Gasteiger partial charge on any atom is -0.550 e. The lowest BCUT2D eigenvalue weighted by Crippen LogP contribution is -2.43. The van der Waals surface area contributed by atoms with Gasteiger partial charge >= 0.3 is 0 Å². The summed E-state index contributed by atoms with van der Waals surface area (Å²) in [5, 5.41) is 10.4. The minimum absolute atomic E-state index is 0.311. The van der Waals surface area contributed by atoms with Crippen molar-refractivity contribution in [3.63, 3.8) is 0 Å². The van der Waals surface area contributed by atoms with Gasteiger partial charge in [0.25, 0.3) is 0 Å². The molecular formula is C7H10NO3-. The summed E-state index contributed by atoms with van der Waals surface area (Å²) in [4.78, 5) is 22.1. The molecule has 4 nitrogen and oxygen atoms in total. The molecule has 4 heteroatoms. The summed E-state index contributed by atoms with van der Waals surface area (Å²) in [6.07, 6.45) is 2.08. The van der Waals surface area contributed by atoms with Crippen LogP contribution in [0.5, 0.6) is 0 Å². The van der Waals surface area contributed by atoms with E-state index in [1.165, 1.54) is 4.90 Å². The van der Waals surface area contributed by atoms with Gasteiger partial charge in [-0.1, -0.05) is 0 Å². The fraction of sp³-hybridized carbons (Fsp3) is 0.714. The van der Waals surface area contributed by atoms with Crippen LogP contribution >= 0.6 is 0 Å². The molecule has 1 fully saturated rings. The molecule has 0 aliphatic carbocycles. The molecule has 0 saturated carbocycles. The van der Waals surface area contributed by atoms with Crippen LogP contribution in [0.3, 0.4) is 0 Å². The number of nitrogens with zero attached hydrogens (tertiary/aromatic N) is 1. The number of amides is 1. The minimum atomic E-state index is -1.04. The van der Waals surface area contributed by atoms with Gasteiger partial charge in [0.2, 0.25) is 6.41 Å². The highest BCUT2D eigenvalue weighted by molar-refractivity contribution is 5.68. The number of carbonyl (C=O) groups excluding carboxylic acids is 2. The third kappa shape index (κ3) is 1.93. The SMILES string of the molecule is O=CN1CCC[C@@H](C(=O)[O-])C1. The Kier molecular flexibility index (Phi) is 2.46. The van der Waals surface area contributed by atoms with Gasteiger partial charge in [-0.15, -0.1) is 0 Å². The Labute approximate surface area is 64.8 Å². The van der Waals surface area contributed by atoms with Crippen molar-refractivity contribution in [2.75, 3.05) is 13.1 Å². The lowest BCUT2D eigenvalue weighted by molar-refractivity contribution is -0.312. The van der Waals surface area contributed by atoms with Crippen LogP contribution in [-0.2, 0) is 9.59 Å². The number of piperidine rings is 1. The second kappa shape index (κ2) is 3.37. The molecule has 0 N–H and O–H groups in total. The Balaban J connectivity index is 2.45. The van der Waals surface area contributed by atoms with Crippen molar-refractivity contribution in [1.29, 1.82) is 0 Å². The first-order chi connectivity index (χ1) is 5.24. The second-order valence-corrected chi connectivity index (χ2v) is 2.76. The van der Waals surface area contributed by atoms with Crippen LogP contribution in [0.2, 0.25) is 0 Å². The number of hydrogen-bond acceptors (Lipinski definition) is 3. The van der Waals surface area contributed by atoms with E-state index in [-0.39, 0.29) is 0 Å². The van der Waals surface area contributed by atoms with Crippen LogP contribution in [-0.4, -0.2) is 30.4 Å². The number of aliphatic carboxylic acids is 1. The van der Waals surface area contributed by atoms with Gasteiger partial charge in [0.1, 0.15) is 0 Å². The third-order valence-corrected chi connectivity index (χ3v) is 1.94. The zero-order valence-corrected chi connectivity index (χ0v) is 6.16. The summed E-state index contributed by atoms with van der Waals surface area (Å²) in [6, 6.07) is 0. The molecule has 1 heterocycles. The Morgan fingerprint density at radius 3 is 2.91 bits per heavy atom. The summed E-state index contributed by atoms with van der Waals surface area (Å²) >= 11 is 0. The average Bonchev–Trinajstić information content (AvgIpc) is 2.05. The van der Waals surface area contributed by atoms with Crippen molar-refractivity contribution in [2.24, 2.45) is 5.92 Å². The molecule has 0 unspecified atom stereocenters. The number of carbonyl (C=O) groups is 2. The topological polar surface area (TPSA) is 60.4 Å². The van der Waals surface area contributed by atoms with Gasteiger partial charge in [-0.05, 0) is 12.8 Å². The summed E-state index contributed by atoms with van der Waals surface area (Å²) < 4.78 is 0. The smallest absolute Gasteiger partial charge is 0.209 e. The van der Waals surface area contributed by atoms with Crippen LogP contribution in [0.25, 0.3) is 0 Å². The summed E-state index contributed by atoms with van der Waals surface area (Å²) in [7, 11) is 0. The van der Waals surface area contributed by atoms with Crippen molar-refractivity contribution in [3.05, 3.63) is 0 Å². The highest BCUT2D eigenvalue weighted by Gasteiger charge is 2.18. The number of rotatable bonds is 2. The van der Waals surface area contributed by atoms with Gasteiger partial charge in [-0.2, -0.15) is 0 Å². The molecule has 1 aliphatic rings. The Hall–Kier alpha value is -1.06. The molecule has 0 radical (unpaired) electrons. The number of likely N-dealkylation sites (tertiary alicyclic amines) is 1. The van der Waals surface area contributed by atoms with Gasteiger partial charge in [0.05, 0.1) is 0 Å². The van der Waals surface area contributed by atoms with Crippen molar-refractivity contribution in [3.8, 4) is 0 Å². The van der Waals surface area contributed by atoms with E-state index >= 15 is 0 Å². The van der Waals surface area contributed by atoms with E-state index in [1.807, 2.05) is 0 Å². The van der Waals surface area contributed by atoms with Crippen LogP contribution in [0.4, 0.5) is 0 Å². The number of hydrogen-bond donors (Lipinski definition) is 0. The fourth-order valence-electron chi connectivity index (χ4n) is 1.29. The Morgan fingerprint density at radius 1 is 1.64 bits per heavy atom. The molecule has 11 heavy (non-hydrogen) atoms. The molecule has 0 aromatic heterocycles. The Bertz CT molecular complexity index is 169. The van der Waals surface area contributed by atoms with E-state index in [4.69, 9.17) is 0 Å². The predicted molar refractivity (Wildman–Crippen MR) is 35.4 cm³/mol. The normalized spacial score (nSPS) is 24.7. The van der Waals surface area contributed by atoms with Gasteiger partial charge in [-0.25, -0.2) is 0 Å². The monoisotopic (exact) mass is 156 g/mol. The van der Waals surface area contributed by atoms with Gasteiger partial charge in [0, 0.05) is 25.0 Å². The van der Waals surface area contributed by atoms with E-state index in [0.29, 0.717) is 25.9 Å². The van der Waals surface area contributed by atoms with E-state index in [2.05, 4.69) is 0 Å². The highest BCUT2D eigenvalue weighted by Crippen LogP contribution is 2.13. The highest BCUT2D eigenvalue weighted by atomic mass is 16.4. The zero-order valence-electron chi connectivity index (χ0n) is 6.16. The number of carboxylic acids is 1. The lowest BCUT2D eigenvalue weighted by atomic mass is 9.99. The molecule has 1 saturated heterocycles. The molecular weight excluding hydrogens is 146 g/mol. The first-order valence-electron chi connectivity index (χ1n) is 3.64. The molecule has 1 aliphatic heterocycles. The van der Waals surface area contributed by atoms with E-state index in [0.717, 1.165) is 6.42 Å². The van der Waals surface area contributed by atoms with Crippen LogP contribution < -0.4 is 5.11 Å². The second-order valence-electron chi connectivity index (χ2n) is 2.76. The van der Waals surface area contributed by atoms with Crippen molar-refractivity contribution >= 4 is 12.4 Å². The van der Waals surface area contributed by atoms with Crippen molar-refractivity contribution in [2.45, 2.75) is 12.8 Å². The largest absolute Gasteiger partial charge is 0.550 e. The molecule has 0 aromatic rings. The summed E-state index contributed by atoms with van der Waals surface area (Å²) in [5.74, 6) is -1.51. The quantitative estimate of drug-likeness (QED) is 0.462. The molecule has 0 aromatic carbocycles. The first-order valence-corrected chi connectivity index (χ1v) is 3.64. The maximum Gasteiger partial charge on any atom is 0.209 e. The average molecular weight is 156 g/mol. The Morgan fingerprint density at radius 2 is 2.36 bits per heavy atom. The van der Waals surface area contributed by atoms with Gasteiger partial charge < -0.3 is 14.8 Å². The standard InChI is InChI=1S/C7H11NO3/c9-5-8-3-1-2-6(4-8)7(10)11/h5-6H,1-4H2,(H,10,11)/p-1/t6-/m1/s1. The van der Waals surface area contributed by atoms with Gasteiger partial charge in [0.15, 0.2) is 0 Å². The maximum absolute atomic E-state index is 10.4. The van der Waals surface area contributed by atoms with Crippen LogP contribution in [0, 0.1) is 5.92 Å². The van der Waals surface area contributed by atoms with E-state index < -0.39 is 11.9 Å². The van der Waals surface area contributed by atoms with Crippen LogP contribution in [0.1, 0.15) is 12.8 Å². The van der Waals surface area contributed by atoms with Gasteiger partial charge in [-0.3, -0.25) is 4.79 Å². The zero-order chi connectivity index (χ0) is 8.27. The fourth-order valence-corrected chi connectivity index (χ4v) is 1.29. The van der Waals surface area contributed by atoms with Crippen molar-refractivity contribution < 1.29 is 14.7 Å². The molecule has 1 atom stereocenters. The predicted octanol–water partition coefficient (Wildman–Crippen LogP) is -1.40. The third-order valence-electron chi connectivity index (χ3n) is 1.94. The number of carboxylic acid groups (broad SMARTS) is 1. The summed E-state index contributed by atoms with van der Waals surface area (Å²) in [5.41, 5.74) is 0. The molecule has 1 rings (SSSR count). The first kappa shape index (κ1) is 8.04. The lowest BCUT2D eigenvalue weighted by Gasteiger charge is -2.30. The molecule has 0 spiro atoms. The van der Waals surface area contributed by atoms with Crippen molar-refractivity contribution in [1.82, 2.24) is 4.90 Å². The molecule has 1 amide bonds. The van der Waals surface area contributed by atoms with Crippen LogP contribution in [0.15, 0.2) is 0 Å². The molecule has 0 bridgehead atoms. The maximum atomic E-state index is 10.4. The molecule has 62 valence electrons.